The smallest absolute Gasteiger partial charge is 0.243 e. The van der Waals surface area contributed by atoms with Gasteiger partial charge in [-0.1, -0.05) is 18.2 Å². The second-order valence-electron chi connectivity index (χ2n) is 8.58. The van der Waals surface area contributed by atoms with E-state index in [0.717, 1.165) is 25.9 Å². The van der Waals surface area contributed by atoms with Crippen molar-refractivity contribution in [2.24, 2.45) is 5.92 Å². The van der Waals surface area contributed by atoms with Crippen LogP contribution in [0.15, 0.2) is 47.4 Å². The molecule has 9 heteroatoms. The molecule has 0 saturated carbocycles. The number of carbonyl (C=O) groups is 2. The first-order valence-corrected chi connectivity index (χ1v) is 12.7. The highest BCUT2D eigenvalue weighted by molar-refractivity contribution is 7.89. The number of nitrogens with zero attached hydrogens (tertiary/aromatic N) is 2. The molecule has 0 aromatic heterocycles. The van der Waals surface area contributed by atoms with E-state index in [9.17, 15) is 22.4 Å². The van der Waals surface area contributed by atoms with Gasteiger partial charge >= 0.3 is 0 Å². The summed E-state index contributed by atoms with van der Waals surface area (Å²) in [7, 11) is -3.71. The van der Waals surface area contributed by atoms with Crippen molar-refractivity contribution in [2.45, 2.75) is 37.5 Å². The number of hydrogen-bond donors (Lipinski definition) is 1. The molecule has 0 atom stereocenters. The van der Waals surface area contributed by atoms with Crippen LogP contribution in [0, 0.1) is 11.7 Å². The number of hydrogen-bond acceptors (Lipinski definition) is 5. The van der Waals surface area contributed by atoms with Crippen LogP contribution in [0.3, 0.4) is 0 Å². The normalized spacial score (nSPS) is 17.8. The molecule has 0 unspecified atom stereocenters. The molecule has 0 bridgehead atoms. The third-order valence-electron chi connectivity index (χ3n) is 6.41. The predicted octanol–water partition coefficient (Wildman–Crippen LogP) is 3.67. The van der Waals surface area contributed by atoms with Gasteiger partial charge in [0.15, 0.2) is 5.78 Å². The SMILES string of the molecule is CC(=O)c1ccc(S(=O)(=O)N2CCC(C(=O)Nc3c(F)cccc3N3CCCC3)CC2)cc1. The summed E-state index contributed by atoms with van der Waals surface area (Å²) in [5, 5.41) is 2.77. The van der Waals surface area contributed by atoms with Gasteiger partial charge in [-0.05, 0) is 56.9 Å². The highest BCUT2D eigenvalue weighted by Gasteiger charge is 2.33. The number of rotatable bonds is 6. The lowest BCUT2D eigenvalue weighted by molar-refractivity contribution is -0.120. The van der Waals surface area contributed by atoms with Crippen molar-refractivity contribution in [1.29, 1.82) is 0 Å². The zero-order valence-corrected chi connectivity index (χ0v) is 19.4. The number of carbonyl (C=O) groups excluding carboxylic acids is 2. The minimum atomic E-state index is -3.71. The first-order valence-electron chi connectivity index (χ1n) is 11.2. The van der Waals surface area contributed by atoms with Crippen molar-refractivity contribution in [3.63, 3.8) is 0 Å². The van der Waals surface area contributed by atoms with Gasteiger partial charge in [-0.15, -0.1) is 0 Å². The Labute approximate surface area is 193 Å². The number of ketones is 1. The summed E-state index contributed by atoms with van der Waals surface area (Å²) in [6.07, 6.45) is 2.77. The van der Waals surface area contributed by atoms with E-state index in [1.165, 1.54) is 41.6 Å². The summed E-state index contributed by atoms with van der Waals surface area (Å²) < 4.78 is 41.8. The van der Waals surface area contributed by atoms with Gasteiger partial charge < -0.3 is 10.2 Å². The lowest BCUT2D eigenvalue weighted by atomic mass is 9.97. The Kier molecular flexibility index (Phi) is 6.81. The molecule has 2 fully saturated rings. The number of para-hydroxylation sites is 1. The Morgan fingerprint density at radius 1 is 0.970 bits per heavy atom. The quantitative estimate of drug-likeness (QED) is 0.647. The van der Waals surface area contributed by atoms with E-state index in [0.29, 0.717) is 24.1 Å². The number of amides is 1. The molecule has 1 amide bonds. The van der Waals surface area contributed by atoms with Crippen LogP contribution in [0.2, 0.25) is 0 Å². The fourth-order valence-corrected chi connectivity index (χ4v) is 5.92. The highest BCUT2D eigenvalue weighted by atomic mass is 32.2. The summed E-state index contributed by atoms with van der Waals surface area (Å²) >= 11 is 0. The van der Waals surface area contributed by atoms with E-state index in [4.69, 9.17) is 0 Å². The maximum Gasteiger partial charge on any atom is 0.243 e. The molecule has 0 radical (unpaired) electrons. The van der Waals surface area contributed by atoms with Gasteiger partial charge in [-0.3, -0.25) is 9.59 Å². The summed E-state index contributed by atoms with van der Waals surface area (Å²) in [5.74, 6) is -1.29. The predicted molar refractivity (Wildman–Crippen MR) is 124 cm³/mol. The molecule has 0 aliphatic carbocycles. The van der Waals surface area contributed by atoms with Gasteiger partial charge in [0.1, 0.15) is 11.5 Å². The second-order valence-corrected chi connectivity index (χ2v) is 10.5. The van der Waals surface area contributed by atoms with E-state index in [2.05, 4.69) is 10.2 Å². The summed E-state index contributed by atoms with van der Waals surface area (Å²) in [4.78, 5) is 26.5. The third kappa shape index (κ3) is 4.94. The van der Waals surface area contributed by atoms with E-state index in [1.807, 2.05) is 6.07 Å². The molecule has 4 rings (SSSR count). The maximum absolute atomic E-state index is 14.6. The average molecular weight is 474 g/mol. The molecule has 2 aliphatic heterocycles. The third-order valence-corrected chi connectivity index (χ3v) is 8.32. The van der Waals surface area contributed by atoms with Crippen LogP contribution in [0.25, 0.3) is 0 Å². The van der Waals surface area contributed by atoms with Crippen molar-refractivity contribution in [3.05, 3.63) is 53.8 Å². The fourth-order valence-electron chi connectivity index (χ4n) is 4.45. The van der Waals surface area contributed by atoms with E-state index >= 15 is 0 Å². The zero-order valence-electron chi connectivity index (χ0n) is 18.6. The van der Waals surface area contributed by atoms with Crippen LogP contribution in [0.4, 0.5) is 15.8 Å². The van der Waals surface area contributed by atoms with Crippen LogP contribution in [-0.2, 0) is 14.8 Å². The Bertz CT molecular complexity index is 1140. The number of anilines is 2. The summed E-state index contributed by atoms with van der Waals surface area (Å²) in [6.45, 7) is 3.48. The van der Waals surface area contributed by atoms with Crippen LogP contribution in [-0.4, -0.2) is 50.6 Å². The number of piperidine rings is 1. The zero-order chi connectivity index (χ0) is 23.6. The van der Waals surface area contributed by atoms with E-state index < -0.39 is 21.8 Å². The number of benzene rings is 2. The van der Waals surface area contributed by atoms with Gasteiger partial charge in [0.05, 0.1) is 10.6 Å². The van der Waals surface area contributed by atoms with Gasteiger partial charge in [0, 0.05) is 37.7 Å². The monoisotopic (exact) mass is 473 g/mol. The van der Waals surface area contributed by atoms with Crippen molar-refractivity contribution in [2.75, 3.05) is 36.4 Å². The van der Waals surface area contributed by atoms with Crippen molar-refractivity contribution in [3.8, 4) is 0 Å². The molecule has 7 nitrogen and oxygen atoms in total. The molecule has 176 valence electrons. The molecule has 33 heavy (non-hydrogen) atoms. The van der Waals surface area contributed by atoms with Crippen LogP contribution in [0.5, 0.6) is 0 Å². The van der Waals surface area contributed by atoms with Crippen molar-refractivity contribution in [1.82, 2.24) is 4.31 Å². The fraction of sp³-hybridized carbons (Fsp3) is 0.417. The molecular formula is C24H28FN3O4S. The van der Waals surface area contributed by atoms with Gasteiger partial charge in [-0.25, -0.2) is 12.8 Å². The minimum Gasteiger partial charge on any atom is -0.370 e. The van der Waals surface area contributed by atoms with Crippen LogP contribution < -0.4 is 10.2 Å². The van der Waals surface area contributed by atoms with Crippen LogP contribution in [0.1, 0.15) is 43.0 Å². The summed E-state index contributed by atoms with van der Waals surface area (Å²) in [5.41, 5.74) is 1.34. The van der Waals surface area contributed by atoms with Gasteiger partial charge in [0.25, 0.3) is 0 Å². The van der Waals surface area contributed by atoms with E-state index in [-0.39, 0.29) is 35.4 Å². The van der Waals surface area contributed by atoms with Crippen LogP contribution >= 0.6 is 0 Å². The van der Waals surface area contributed by atoms with Gasteiger partial charge in [0.2, 0.25) is 15.9 Å². The lowest BCUT2D eigenvalue weighted by Crippen LogP contribution is -2.41. The molecule has 0 spiro atoms. The Balaban J connectivity index is 1.41. The first-order chi connectivity index (χ1) is 15.8. The number of halogens is 1. The Hall–Kier alpha value is -2.78. The molecule has 2 aromatic carbocycles. The second kappa shape index (κ2) is 9.61. The first kappa shape index (κ1) is 23.4. The topological polar surface area (TPSA) is 86.8 Å². The number of nitrogens with one attached hydrogen (secondary N) is 1. The molecule has 2 heterocycles. The average Bonchev–Trinajstić information content (AvgIpc) is 3.35. The molecule has 2 aromatic rings. The molecule has 2 aliphatic rings. The Morgan fingerprint density at radius 3 is 2.21 bits per heavy atom. The lowest BCUT2D eigenvalue weighted by Gasteiger charge is -2.31. The molecular weight excluding hydrogens is 445 g/mol. The minimum absolute atomic E-state index is 0.122. The van der Waals surface area contributed by atoms with Crippen molar-refractivity contribution >= 4 is 33.1 Å². The maximum atomic E-state index is 14.6. The standard InChI is InChI=1S/C24H28FN3O4S/c1-17(29)18-7-9-20(10-8-18)33(31,32)28-15-11-19(12-16-28)24(30)26-23-21(25)5-4-6-22(23)27-13-2-3-14-27/h4-10,19H,2-3,11-16H2,1H3,(H,26,30). The van der Waals surface area contributed by atoms with Crippen molar-refractivity contribution < 1.29 is 22.4 Å². The molecule has 2 saturated heterocycles. The molecule has 1 N–H and O–H groups in total. The van der Waals surface area contributed by atoms with E-state index in [1.54, 1.807) is 6.07 Å². The number of sulfonamides is 1. The Morgan fingerprint density at radius 2 is 1.61 bits per heavy atom. The highest BCUT2D eigenvalue weighted by Crippen LogP contribution is 2.32. The number of Topliss-reactive ketones (excluding diaryl/α,β-unsaturated/α-hetero) is 1. The summed E-state index contributed by atoms with van der Waals surface area (Å²) in [6, 6.07) is 10.7. The largest absolute Gasteiger partial charge is 0.370 e. The van der Waals surface area contributed by atoms with Gasteiger partial charge in [-0.2, -0.15) is 4.31 Å².